The van der Waals surface area contributed by atoms with Gasteiger partial charge in [-0.2, -0.15) is 0 Å². The molecule has 1 atom stereocenters. The number of carbonyl (C=O) groups excluding carboxylic acids is 1. The number of aromatic nitrogens is 1. The summed E-state index contributed by atoms with van der Waals surface area (Å²) in [5.74, 6) is 0.533. The highest BCUT2D eigenvalue weighted by molar-refractivity contribution is 7.11. The zero-order valence-corrected chi connectivity index (χ0v) is 11.0. The van der Waals surface area contributed by atoms with Crippen LogP contribution in [0.5, 0.6) is 0 Å². The van der Waals surface area contributed by atoms with E-state index in [1.165, 1.54) is 11.3 Å². The Kier molecular flexibility index (Phi) is 3.79. The summed E-state index contributed by atoms with van der Waals surface area (Å²) in [5.41, 5.74) is 2.66. The van der Waals surface area contributed by atoms with Crippen LogP contribution in [0.1, 0.15) is 48.0 Å². The summed E-state index contributed by atoms with van der Waals surface area (Å²) in [6, 6.07) is 0. The number of aliphatic hydroxyl groups excluding tert-OH is 1. The van der Waals surface area contributed by atoms with Crippen LogP contribution in [0, 0.1) is 5.92 Å². The highest BCUT2D eigenvalue weighted by Gasteiger charge is 2.30. The van der Waals surface area contributed by atoms with Gasteiger partial charge < -0.3 is 10.4 Å². The normalized spacial score (nSPS) is 17.2. The van der Waals surface area contributed by atoms with Crippen LogP contribution in [0.25, 0.3) is 0 Å². The van der Waals surface area contributed by atoms with Gasteiger partial charge in [0.05, 0.1) is 17.3 Å². The molecule has 0 bridgehead atoms. The van der Waals surface area contributed by atoms with Crippen molar-refractivity contribution in [2.45, 2.75) is 38.7 Å². The highest BCUT2D eigenvalue weighted by Crippen LogP contribution is 2.41. The second-order valence-electron chi connectivity index (χ2n) is 4.86. The van der Waals surface area contributed by atoms with E-state index in [0.717, 1.165) is 18.5 Å². The fourth-order valence-corrected chi connectivity index (χ4v) is 2.38. The molecule has 1 aromatic heterocycles. The number of thiazole rings is 1. The molecule has 4 nitrogen and oxygen atoms in total. The van der Waals surface area contributed by atoms with E-state index in [1.807, 2.05) is 13.8 Å². The first-order chi connectivity index (χ1) is 8.09. The van der Waals surface area contributed by atoms with Gasteiger partial charge >= 0.3 is 0 Å². The lowest BCUT2D eigenvalue weighted by atomic mass is 10.1. The summed E-state index contributed by atoms with van der Waals surface area (Å²) < 4.78 is 0. The topological polar surface area (TPSA) is 62.2 Å². The first-order valence-electron chi connectivity index (χ1n) is 5.99. The van der Waals surface area contributed by atoms with Gasteiger partial charge in [-0.15, -0.1) is 11.3 Å². The Morgan fingerprint density at radius 2 is 2.35 bits per heavy atom. The average molecular weight is 254 g/mol. The number of carbonyl (C=O) groups is 1. The number of nitrogens with zero attached hydrogens (tertiary/aromatic N) is 1. The summed E-state index contributed by atoms with van der Waals surface area (Å²) in [6.45, 7) is 4.16. The molecule has 1 amide bonds. The van der Waals surface area contributed by atoms with E-state index >= 15 is 0 Å². The molecule has 5 heteroatoms. The average Bonchev–Trinajstić information content (AvgIpc) is 3.03. The molecule has 1 aliphatic carbocycles. The van der Waals surface area contributed by atoms with Crippen LogP contribution in [0.4, 0.5) is 0 Å². The summed E-state index contributed by atoms with van der Waals surface area (Å²) in [4.78, 5) is 16.9. The lowest BCUT2D eigenvalue weighted by Gasteiger charge is -2.14. The maximum Gasteiger partial charge on any atom is 0.263 e. The first kappa shape index (κ1) is 12.5. The fraction of sp³-hybridized carbons (Fsp3) is 0.667. The molecule has 1 unspecified atom stereocenters. The second kappa shape index (κ2) is 5.14. The van der Waals surface area contributed by atoms with Gasteiger partial charge in [-0.3, -0.25) is 4.79 Å². The molecule has 1 heterocycles. The number of hydrogen-bond acceptors (Lipinski definition) is 4. The molecule has 0 aliphatic heterocycles. The molecule has 0 spiro atoms. The Morgan fingerprint density at radius 3 is 2.94 bits per heavy atom. The molecule has 1 fully saturated rings. The lowest BCUT2D eigenvalue weighted by molar-refractivity contribution is 0.0874. The van der Waals surface area contributed by atoms with E-state index in [9.17, 15) is 9.90 Å². The largest absolute Gasteiger partial charge is 0.391 e. The molecule has 94 valence electrons. The van der Waals surface area contributed by atoms with E-state index in [-0.39, 0.29) is 11.8 Å². The molecule has 17 heavy (non-hydrogen) atoms. The summed E-state index contributed by atoms with van der Waals surface area (Å²) in [6.07, 6.45) is 1.79. The van der Waals surface area contributed by atoms with E-state index < -0.39 is 6.10 Å². The van der Waals surface area contributed by atoms with Gasteiger partial charge in [-0.05, 0) is 18.8 Å². The maximum absolute atomic E-state index is 11.9. The van der Waals surface area contributed by atoms with E-state index in [4.69, 9.17) is 0 Å². The van der Waals surface area contributed by atoms with Crippen molar-refractivity contribution >= 4 is 17.2 Å². The number of nitrogens with one attached hydrogen (secondary N) is 1. The Balaban J connectivity index is 1.93. The van der Waals surface area contributed by atoms with E-state index in [1.54, 1.807) is 5.51 Å². The third-order valence-electron chi connectivity index (χ3n) is 3.01. The molecule has 1 aliphatic rings. The second-order valence-corrected chi connectivity index (χ2v) is 5.72. The Hall–Kier alpha value is -0.940. The molecule has 0 radical (unpaired) electrons. The molecular weight excluding hydrogens is 236 g/mol. The van der Waals surface area contributed by atoms with Crippen molar-refractivity contribution < 1.29 is 9.90 Å². The van der Waals surface area contributed by atoms with Crippen molar-refractivity contribution in [3.63, 3.8) is 0 Å². The van der Waals surface area contributed by atoms with Crippen LogP contribution in [-0.2, 0) is 0 Å². The molecule has 2 N–H and O–H groups in total. The summed E-state index contributed by atoms with van der Waals surface area (Å²) in [5, 5.41) is 12.4. The van der Waals surface area contributed by atoms with Crippen molar-refractivity contribution in [1.82, 2.24) is 10.3 Å². The molecule has 1 aromatic rings. The van der Waals surface area contributed by atoms with Crippen LogP contribution in [0.3, 0.4) is 0 Å². The third-order valence-corrected chi connectivity index (χ3v) is 3.85. The number of rotatable bonds is 5. The van der Waals surface area contributed by atoms with Crippen LogP contribution >= 0.6 is 11.3 Å². The van der Waals surface area contributed by atoms with Gasteiger partial charge in [-0.1, -0.05) is 13.8 Å². The standard InChI is InChI=1S/C12H18N2O2S/c1-7(2)9(15)5-13-12(16)11-10(8-3-4-8)14-6-17-11/h6-9,15H,3-5H2,1-2H3,(H,13,16). The highest BCUT2D eigenvalue weighted by atomic mass is 32.1. The predicted octanol–water partition coefficient (Wildman–Crippen LogP) is 1.77. The van der Waals surface area contributed by atoms with Crippen molar-refractivity contribution in [3.8, 4) is 0 Å². The number of hydrogen-bond donors (Lipinski definition) is 2. The SMILES string of the molecule is CC(C)C(O)CNC(=O)c1scnc1C1CC1. The minimum absolute atomic E-state index is 0.103. The summed E-state index contributed by atoms with van der Waals surface area (Å²) >= 11 is 1.38. The number of aliphatic hydroxyl groups is 1. The predicted molar refractivity (Wildman–Crippen MR) is 67.3 cm³/mol. The minimum Gasteiger partial charge on any atom is -0.391 e. The van der Waals surface area contributed by atoms with Crippen molar-refractivity contribution in [1.29, 1.82) is 0 Å². The molecule has 0 saturated heterocycles. The van der Waals surface area contributed by atoms with Crippen molar-refractivity contribution in [2.75, 3.05) is 6.54 Å². The van der Waals surface area contributed by atoms with Gasteiger partial charge in [0.2, 0.25) is 0 Å². The summed E-state index contributed by atoms with van der Waals surface area (Å²) in [7, 11) is 0. The third kappa shape index (κ3) is 3.04. The Morgan fingerprint density at radius 1 is 1.65 bits per heavy atom. The van der Waals surface area contributed by atoms with Gasteiger partial charge in [0.15, 0.2) is 0 Å². The Labute approximate surface area is 105 Å². The maximum atomic E-state index is 11.9. The van der Waals surface area contributed by atoms with Gasteiger partial charge in [0, 0.05) is 12.5 Å². The minimum atomic E-state index is -0.490. The van der Waals surface area contributed by atoms with E-state index in [2.05, 4.69) is 10.3 Å². The molecular formula is C12H18N2O2S. The lowest BCUT2D eigenvalue weighted by Crippen LogP contribution is -2.34. The van der Waals surface area contributed by atoms with Crippen LogP contribution in [0.2, 0.25) is 0 Å². The monoisotopic (exact) mass is 254 g/mol. The zero-order chi connectivity index (χ0) is 12.4. The molecule has 0 aromatic carbocycles. The number of amides is 1. The van der Waals surface area contributed by atoms with Crippen molar-refractivity contribution in [2.24, 2.45) is 5.92 Å². The first-order valence-corrected chi connectivity index (χ1v) is 6.87. The van der Waals surface area contributed by atoms with E-state index in [0.29, 0.717) is 17.3 Å². The van der Waals surface area contributed by atoms with Crippen LogP contribution in [-0.4, -0.2) is 28.6 Å². The molecule has 1 saturated carbocycles. The quantitative estimate of drug-likeness (QED) is 0.841. The van der Waals surface area contributed by atoms with Gasteiger partial charge in [-0.25, -0.2) is 4.98 Å². The van der Waals surface area contributed by atoms with Gasteiger partial charge in [0.25, 0.3) is 5.91 Å². The van der Waals surface area contributed by atoms with Crippen LogP contribution < -0.4 is 5.32 Å². The van der Waals surface area contributed by atoms with Gasteiger partial charge in [0.1, 0.15) is 4.88 Å². The zero-order valence-electron chi connectivity index (χ0n) is 10.1. The fourth-order valence-electron chi connectivity index (χ4n) is 1.59. The van der Waals surface area contributed by atoms with Crippen molar-refractivity contribution in [3.05, 3.63) is 16.1 Å². The van der Waals surface area contributed by atoms with Crippen LogP contribution in [0.15, 0.2) is 5.51 Å². The molecule has 2 rings (SSSR count). The smallest absolute Gasteiger partial charge is 0.263 e. The Bertz CT molecular complexity index is 399.